The highest BCUT2D eigenvalue weighted by Gasteiger charge is 2.32. The molecule has 0 spiro atoms. The molecule has 130 valence electrons. The third-order valence-corrected chi connectivity index (χ3v) is 6.72. The minimum Gasteiger partial charge on any atom is -0.244 e. The lowest BCUT2D eigenvalue weighted by Gasteiger charge is -2.33. The molecular weight excluding hydrogens is 371 g/mol. The van der Waals surface area contributed by atoms with Crippen LogP contribution in [0.15, 0.2) is 23.2 Å². The molecule has 0 saturated heterocycles. The normalized spacial score (nSPS) is 17.5. The molecule has 0 amide bonds. The molecule has 2 nitrogen and oxygen atoms in total. The first-order valence-electron chi connectivity index (χ1n) is 8.34. The minimum absolute atomic E-state index is 0.281. The largest absolute Gasteiger partial charge is 0.244 e. The molecule has 0 bridgehead atoms. The SMILES string of the molecule is CC(C)(C)[C@H]1CCc2c(sc(N=Cc3c(Cl)cccc3Cl)c2C#N)C1. The number of aliphatic imine (C=N–C) groups is 1. The van der Waals surface area contributed by atoms with Gasteiger partial charge in [0.1, 0.15) is 11.1 Å². The van der Waals surface area contributed by atoms with Crippen LogP contribution in [0.3, 0.4) is 0 Å². The Morgan fingerprint density at radius 1 is 1.28 bits per heavy atom. The Morgan fingerprint density at radius 3 is 2.56 bits per heavy atom. The molecule has 0 fully saturated rings. The highest BCUT2D eigenvalue weighted by molar-refractivity contribution is 7.16. The van der Waals surface area contributed by atoms with E-state index in [0.29, 0.717) is 27.1 Å². The number of benzene rings is 1. The lowest BCUT2D eigenvalue weighted by molar-refractivity contribution is 0.218. The first-order chi connectivity index (χ1) is 11.8. The monoisotopic (exact) mass is 390 g/mol. The fourth-order valence-electron chi connectivity index (χ4n) is 3.27. The Bertz CT molecular complexity index is 849. The van der Waals surface area contributed by atoms with Crippen molar-refractivity contribution in [2.45, 2.75) is 40.0 Å². The van der Waals surface area contributed by atoms with Gasteiger partial charge < -0.3 is 0 Å². The highest BCUT2D eigenvalue weighted by atomic mass is 35.5. The van der Waals surface area contributed by atoms with Gasteiger partial charge >= 0.3 is 0 Å². The van der Waals surface area contributed by atoms with E-state index in [9.17, 15) is 5.26 Å². The number of nitrogens with zero attached hydrogens (tertiary/aromatic N) is 2. The summed E-state index contributed by atoms with van der Waals surface area (Å²) in [5.41, 5.74) is 2.87. The summed E-state index contributed by atoms with van der Waals surface area (Å²) in [5, 5.41) is 11.5. The number of rotatable bonds is 2. The van der Waals surface area contributed by atoms with Crippen molar-refractivity contribution in [3.63, 3.8) is 0 Å². The summed E-state index contributed by atoms with van der Waals surface area (Å²) in [6, 6.07) is 7.73. The van der Waals surface area contributed by atoms with Gasteiger partial charge in [-0.25, -0.2) is 4.99 Å². The van der Waals surface area contributed by atoms with Gasteiger partial charge in [-0.1, -0.05) is 50.0 Å². The number of thiophene rings is 1. The molecule has 1 aromatic carbocycles. The number of halogens is 2. The van der Waals surface area contributed by atoms with E-state index in [-0.39, 0.29) is 5.41 Å². The van der Waals surface area contributed by atoms with Crippen molar-refractivity contribution < 1.29 is 0 Å². The molecule has 0 unspecified atom stereocenters. The quantitative estimate of drug-likeness (QED) is 0.517. The Kier molecular flexibility index (Phi) is 5.25. The van der Waals surface area contributed by atoms with Gasteiger partial charge in [-0.2, -0.15) is 5.26 Å². The topological polar surface area (TPSA) is 36.1 Å². The zero-order valence-corrected chi connectivity index (χ0v) is 16.9. The molecule has 1 aliphatic rings. The molecule has 0 N–H and O–H groups in total. The van der Waals surface area contributed by atoms with Crippen LogP contribution in [0.1, 0.15) is 48.8 Å². The van der Waals surface area contributed by atoms with Gasteiger partial charge in [0, 0.05) is 16.7 Å². The van der Waals surface area contributed by atoms with Crippen LogP contribution in [-0.2, 0) is 12.8 Å². The van der Waals surface area contributed by atoms with Crippen molar-refractivity contribution in [1.29, 1.82) is 5.26 Å². The fourth-order valence-corrected chi connectivity index (χ4v) is 4.99. The lowest BCUT2D eigenvalue weighted by atomic mass is 9.72. The van der Waals surface area contributed by atoms with Gasteiger partial charge in [0.15, 0.2) is 0 Å². The predicted octanol–water partition coefficient (Wildman–Crippen LogP) is 6.83. The third-order valence-electron chi connectivity index (χ3n) is 4.89. The van der Waals surface area contributed by atoms with Crippen LogP contribution in [0.5, 0.6) is 0 Å². The fraction of sp³-hybridized carbons (Fsp3) is 0.400. The number of hydrogen-bond donors (Lipinski definition) is 0. The van der Waals surface area contributed by atoms with Gasteiger partial charge in [0.05, 0.1) is 15.6 Å². The maximum Gasteiger partial charge on any atom is 0.134 e. The van der Waals surface area contributed by atoms with Crippen LogP contribution in [0.25, 0.3) is 0 Å². The van der Waals surface area contributed by atoms with Crippen LogP contribution in [0, 0.1) is 22.7 Å². The van der Waals surface area contributed by atoms with Crippen molar-refractivity contribution in [2.75, 3.05) is 0 Å². The van der Waals surface area contributed by atoms with Crippen molar-refractivity contribution in [3.05, 3.63) is 49.8 Å². The molecule has 2 aromatic rings. The van der Waals surface area contributed by atoms with E-state index in [1.807, 2.05) is 0 Å². The molecule has 0 aliphatic heterocycles. The van der Waals surface area contributed by atoms with Gasteiger partial charge in [-0.3, -0.25) is 0 Å². The van der Waals surface area contributed by atoms with Crippen LogP contribution in [0.2, 0.25) is 10.0 Å². The molecule has 3 rings (SSSR count). The van der Waals surface area contributed by atoms with E-state index in [2.05, 4.69) is 31.8 Å². The molecule has 25 heavy (non-hydrogen) atoms. The molecule has 1 aromatic heterocycles. The van der Waals surface area contributed by atoms with Crippen molar-refractivity contribution in [3.8, 4) is 6.07 Å². The van der Waals surface area contributed by atoms with Gasteiger partial charge in [0.25, 0.3) is 0 Å². The highest BCUT2D eigenvalue weighted by Crippen LogP contribution is 2.45. The van der Waals surface area contributed by atoms with Crippen LogP contribution in [0.4, 0.5) is 5.00 Å². The minimum atomic E-state index is 0.281. The van der Waals surface area contributed by atoms with Crippen LogP contribution < -0.4 is 0 Å². The average molecular weight is 391 g/mol. The molecule has 0 radical (unpaired) electrons. The first kappa shape index (κ1) is 18.5. The van der Waals surface area contributed by atoms with E-state index in [1.54, 1.807) is 35.8 Å². The van der Waals surface area contributed by atoms with Gasteiger partial charge in [0.2, 0.25) is 0 Å². The van der Waals surface area contributed by atoms with E-state index in [0.717, 1.165) is 24.3 Å². The number of hydrogen-bond acceptors (Lipinski definition) is 3. The van der Waals surface area contributed by atoms with Crippen LogP contribution >= 0.6 is 34.5 Å². The zero-order chi connectivity index (χ0) is 18.2. The van der Waals surface area contributed by atoms with Crippen molar-refractivity contribution in [1.82, 2.24) is 0 Å². The maximum atomic E-state index is 9.63. The molecular formula is C20H20Cl2N2S. The summed E-state index contributed by atoms with van der Waals surface area (Å²) >= 11 is 14.0. The van der Waals surface area contributed by atoms with E-state index in [1.165, 1.54) is 10.4 Å². The van der Waals surface area contributed by atoms with E-state index in [4.69, 9.17) is 23.2 Å². The summed E-state index contributed by atoms with van der Waals surface area (Å²) in [6.45, 7) is 6.87. The Hall–Kier alpha value is -1.34. The number of nitriles is 1. The first-order valence-corrected chi connectivity index (χ1v) is 9.91. The Balaban J connectivity index is 1.96. The maximum absolute atomic E-state index is 9.63. The molecule has 1 heterocycles. The molecule has 0 saturated carbocycles. The molecule has 1 atom stereocenters. The summed E-state index contributed by atoms with van der Waals surface area (Å²) in [4.78, 5) is 5.87. The summed E-state index contributed by atoms with van der Waals surface area (Å²) in [7, 11) is 0. The van der Waals surface area contributed by atoms with E-state index < -0.39 is 0 Å². The molecule has 1 aliphatic carbocycles. The van der Waals surface area contributed by atoms with Crippen molar-refractivity contribution in [2.24, 2.45) is 16.3 Å². The second-order valence-corrected chi connectivity index (χ2v) is 9.39. The standard InChI is InChI=1S/C20H20Cl2N2S/c1-20(2,3)12-7-8-13-14(10-23)19(25-18(13)9-12)24-11-15-16(21)5-4-6-17(15)22/h4-6,11-12H,7-9H2,1-3H3/t12-/m0/s1. The van der Waals surface area contributed by atoms with E-state index >= 15 is 0 Å². The average Bonchev–Trinajstić information content (AvgIpc) is 2.90. The second kappa shape index (κ2) is 7.11. The third kappa shape index (κ3) is 3.77. The van der Waals surface area contributed by atoms with Crippen molar-refractivity contribution >= 4 is 45.8 Å². The lowest BCUT2D eigenvalue weighted by Crippen LogP contribution is -2.26. The Labute approximate surface area is 163 Å². The summed E-state index contributed by atoms with van der Waals surface area (Å²) < 4.78 is 0. The predicted molar refractivity (Wildman–Crippen MR) is 108 cm³/mol. The number of fused-ring (bicyclic) bond motifs is 1. The summed E-state index contributed by atoms with van der Waals surface area (Å²) in [6.07, 6.45) is 4.78. The summed E-state index contributed by atoms with van der Waals surface area (Å²) in [5.74, 6) is 0.639. The smallest absolute Gasteiger partial charge is 0.134 e. The second-order valence-electron chi connectivity index (χ2n) is 7.50. The van der Waals surface area contributed by atoms with Crippen LogP contribution in [-0.4, -0.2) is 6.21 Å². The zero-order valence-electron chi connectivity index (χ0n) is 14.6. The molecule has 5 heteroatoms. The Morgan fingerprint density at radius 2 is 1.96 bits per heavy atom. The van der Waals surface area contributed by atoms with Gasteiger partial charge in [-0.15, -0.1) is 11.3 Å². The van der Waals surface area contributed by atoms with Gasteiger partial charge in [-0.05, 0) is 48.3 Å².